The van der Waals surface area contributed by atoms with Crippen molar-refractivity contribution in [3.8, 4) is 11.4 Å². The molecule has 5 nitrogen and oxygen atoms in total. The number of rotatable bonds is 3. The Balaban J connectivity index is 1.94. The van der Waals surface area contributed by atoms with Crippen molar-refractivity contribution in [3.05, 3.63) is 76.2 Å². The lowest BCUT2D eigenvalue weighted by atomic mass is 10.1. The van der Waals surface area contributed by atoms with Crippen molar-refractivity contribution in [2.75, 3.05) is 5.73 Å². The molecule has 0 aliphatic heterocycles. The minimum absolute atomic E-state index is 0.243. The largest absolute Gasteiger partial charge is 0.398 e. The average molecular weight is 278 g/mol. The maximum Gasteiger partial charge on any atom is 0.273 e. The fourth-order valence-corrected chi connectivity index (χ4v) is 2.10. The van der Waals surface area contributed by atoms with Crippen LogP contribution in [-0.4, -0.2) is 15.2 Å². The van der Waals surface area contributed by atoms with Crippen LogP contribution in [0.25, 0.3) is 11.4 Å². The molecule has 0 spiro atoms. The van der Waals surface area contributed by atoms with Crippen molar-refractivity contribution >= 4 is 5.69 Å². The van der Waals surface area contributed by atoms with Gasteiger partial charge in [0, 0.05) is 17.7 Å². The molecule has 3 N–H and O–H groups in total. The number of benzene rings is 2. The van der Waals surface area contributed by atoms with Crippen LogP contribution in [0.2, 0.25) is 0 Å². The van der Waals surface area contributed by atoms with E-state index in [4.69, 9.17) is 5.73 Å². The minimum atomic E-state index is -0.243. The first-order valence-electron chi connectivity index (χ1n) is 6.59. The summed E-state index contributed by atoms with van der Waals surface area (Å²) in [6.07, 6.45) is 0.452. The van der Waals surface area contributed by atoms with Crippen LogP contribution in [0, 0.1) is 0 Å². The van der Waals surface area contributed by atoms with E-state index in [-0.39, 0.29) is 5.56 Å². The molecular formula is C16H14N4O. The summed E-state index contributed by atoms with van der Waals surface area (Å²) in [6.45, 7) is 0. The zero-order chi connectivity index (χ0) is 14.7. The van der Waals surface area contributed by atoms with E-state index in [1.54, 1.807) is 12.1 Å². The Kier molecular flexibility index (Phi) is 3.47. The van der Waals surface area contributed by atoms with Gasteiger partial charge in [0.15, 0.2) is 5.82 Å². The number of hydrogen-bond acceptors (Lipinski definition) is 4. The van der Waals surface area contributed by atoms with Gasteiger partial charge in [-0.25, -0.2) is 0 Å². The van der Waals surface area contributed by atoms with E-state index in [0.29, 0.717) is 29.2 Å². The predicted molar refractivity (Wildman–Crippen MR) is 81.7 cm³/mol. The number of nitrogens with two attached hydrogens (primary N) is 1. The lowest BCUT2D eigenvalue weighted by molar-refractivity contribution is 0.874. The van der Waals surface area contributed by atoms with Gasteiger partial charge in [0.1, 0.15) is 5.69 Å². The van der Waals surface area contributed by atoms with E-state index in [1.165, 1.54) is 0 Å². The van der Waals surface area contributed by atoms with E-state index >= 15 is 0 Å². The summed E-state index contributed by atoms with van der Waals surface area (Å²) in [6, 6.07) is 16.9. The van der Waals surface area contributed by atoms with Crippen molar-refractivity contribution < 1.29 is 0 Å². The number of hydrogen-bond donors (Lipinski definition) is 2. The van der Waals surface area contributed by atoms with Crippen LogP contribution in [-0.2, 0) is 6.42 Å². The normalized spacial score (nSPS) is 10.5. The summed E-state index contributed by atoms with van der Waals surface area (Å²) in [4.78, 5) is 14.9. The number of aromatic amines is 1. The second-order valence-electron chi connectivity index (χ2n) is 4.70. The van der Waals surface area contributed by atoms with Gasteiger partial charge in [-0.05, 0) is 17.7 Å². The molecule has 5 heteroatoms. The van der Waals surface area contributed by atoms with Crippen LogP contribution in [0.5, 0.6) is 0 Å². The van der Waals surface area contributed by atoms with Crippen LogP contribution in [0.15, 0.2) is 59.4 Å². The molecule has 0 saturated heterocycles. The molecule has 0 unspecified atom stereocenters. The van der Waals surface area contributed by atoms with E-state index < -0.39 is 0 Å². The van der Waals surface area contributed by atoms with Gasteiger partial charge in [-0.3, -0.25) is 4.79 Å². The monoisotopic (exact) mass is 278 g/mol. The first kappa shape index (κ1) is 13.1. The van der Waals surface area contributed by atoms with Crippen molar-refractivity contribution in [3.63, 3.8) is 0 Å². The van der Waals surface area contributed by atoms with Crippen LogP contribution >= 0.6 is 0 Å². The van der Waals surface area contributed by atoms with Gasteiger partial charge in [-0.2, -0.15) is 0 Å². The molecule has 1 aromatic heterocycles. The van der Waals surface area contributed by atoms with Gasteiger partial charge < -0.3 is 10.7 Å². The SMILES string of the molecule is Nc1ccccc1-c1nnc(Cc2ccccc2)c(=O)[nH]1. The molecule has 21 heavy (non-hydrogen) atoms. The molecule has 2 aromatic carbocycles. The van der Waals surface area contributed by atoms with Crippen molar-refractivity contribution in [2.24, 2.45) is 0 Å². The maximum atomic E-state index is 12.1. The second-order valence-corrected chi connectivity index (χ2v) is 4.70. The summed E-state index contributed by atoms with van der Waals surface area (Å²) in [5.74, 6) is 0.384. The van der Waals surface area contributed by atoms with Gasteiger partial charge in [0.25, 0.3) is 5.56 Å². The molecule has 0 aliphatic rings. The molecule has 0 aliphatic carbocycles. The Hall–Kier alpha value is -2.95. The summed E-state index contributed by atoms with van der Waals surface area (Å²) >= 11 is 0. The van der Waals surface area contributed by atoms with E-state index in [1.807, 2.05) is 42.5 Å². The zero-order valence-electron chi connectivity index (χ0n) is 11.3. The Morgan fingerprint density at radius 3 is 2.38 bits per heavy atom. The van der Waals surface area contributed by atoms with Gasteiger partial charge in [-0.15, -0.1) is 10.2 Å². The smallest absolute Gasteiger partial charge is 0.273 e. The van der Waals surface area contributed by atoms with Crippen molar-refractivity contribution in [1.29, 1.82) is 0 Å². The van der Waals surface area contributed by atoms with Crippen molar-refractivity contribution in [2.45, 2.75) is 6.42 Å². The highest BCUT2D eigenvalue weighted by Gasteiger charge is 2.09. The number of nitrogens with zero attached hydrogens (tertiary/aromatic N) is 2. The number of aromatic nitrogens is 3. The molecule has 1 heterocycles. The predicted octanol–water partition coefficient (Wildman–Crippen LogP) is 2.00. The fraction of sp³-hybridized carbons (Fsp3) is 0.0625. The highest BCUT2D eigenvalue weighted by Crippen LogP contribution is 2.20. The highest BCUT2D eigenvalue weighted by atomic mass is 16.1. The molecule has 0 saturated carbocycles. The molecule has 0 atom stereocenters. The van der Waals surface area contributed by atoms with Crippen LogP contribution in [0.3, 0.4) is 0 Å². The van der Waals surface area contributed by atoms with Gasteiger partial charge in [0.2, 0.25) is 0 Å². The molecule has 3 rings (SSSR count). The second kappa shape index (κ2) is 5.58. The molecule has 0 radical (unpaired) electrons. The third-order valence-corrected chi connectivity index (χ3v) is 3.20. The molecule has 0 bridgehead atoms. The Labute approximate surface area is 121 Å². The first-order valence-corrected chi connectivity index (χ1v) is 6.59. The Morgan fingerprint density at radius 1 is 0.952 bits per heavy atom. The van der Waals surface area contributed by atoms with Gasteiger partial charge in [-0.1, -0.05) is 42.5 Å². The topological polar surface area (TPSA) is 84.7 Å². The van der Waals surface area contributed by atoms with Crippen molar-refractivity contribution in [1.82, 2.24) is 15.2 Å². The summed E-state index contributed by atoms with van der Waals surface area (Å²) in [7, 11) is 0. The molecule has 3 aromatic rings. The molecule has 0 fully saturated rings. The zero-order valence-corrected chi connectivity index (χ0v) is 11.3. The minimum Gasteiger partial charge on any atom is -0.398 e. The lowest BCUT2D eigenvalue weighted by Gasteiger charge is -2.05. The number of para-hydroxylation sites is 1. The first-order chi connectivity index (χ1) is 10.2. The number of anilines is 1. The quantitative estimate of drug-likeness (QED) is 0.718. The van der Waals surface area contributed by atoms with E-state index in [2.05, 4.69) is 15.2 Å². The average Bonchev–Trinajstić information content (AvgIpc) is 2.51. The summed E-state index contributed by atoms with van der Waals surface area (Å²) in [5, 5.41) is 8.12. The van der Waals surface area contributed by atoms with Gasteiger partial charge in [0.05, 0.1) is 0 Å². The van der Waals surface area contributed by atoms with Crippen LogP contribution in [0.4, 0.5) is 5.69 Å². The molecule has 104 valence electrons. The lowest BCUT2D eigenvalue weighted by Crippen LogP contribution is -2.18. The highest BCUT2D eigenvalue weighted by molar-refractivity contribution is 5.70. The fourth-order valence-electron chi connectivity index (χ4n) is 2.10. The van der Waals surface area contributed by atoms with Crippen LogP contribution in [0.1, 0.15) is 11.3 Å². The van der Waals surface area contributed by atoms with Crippen LogP contribution < -0.4 is 11.3 Å². The molecule has 0 amide bonds. The van der Waals surface area contributed by atoms with E-state index in [9.17, 15) is 4.79 Å². The third kappa shape index (κ3) is 2.81. The number of nitrogen functional groups attached to an aromatic ring is 1. The Morgan fingerprint density at radius 2 is 1.67 bits per heavy atom. The third-order valence-electron chi connectivity index (χ3n) is 3.20. The number of H-pyrrole nitrogens is 1. The standard InChI is InChI=1S/C16H14N4O/c17-13-9-5-4-8-12(13)15-18-16(21)14(19-20-15)10-11-6-2-1-3-7-11/h1-9H,10,17H2,(H,18,20,21). The Bertz CT molecular complexity index is 812. The van der Waals surface area contributed by atoms with Gasteiger partial charge >= 0.3 is 0 Å². The van der Waals surface area contributed by atoms with E-state index in [0.717, 1.165) is 5.56 Å². The maximum absolute atomic E-state index is 12.1. The molecular weight excluding hydrogens is 264 g/mol. The number of nitrogens with one attached hydrogen (secondary N) is 1. The summed E-state index contributed by atoms with van der Waals surface area (Å²) < 4.78 is 0. The summed E-state index contributed by atoms with van der Waals surface area (Å²) in [5.41, 5.74) is 8.27.